The maximum atomic E-state index is 13.8. The van der Waals surface area contributed by atoms with Crippen LogP contribution in [0.1, 0.15) is 45.8 Å². The number of hydrogen-bond donors (Lipinski definition) is 1. The lowest BCUT2D eigenvalue weighted by molar-refractivity contribution is -0.274. The third-order valence-corrected chi connectivity index (χ3v) is 5.13. The van der Waals surface area contributed by atoms with E-state index in [4.69, 9.17) is 9.47 Å². The molecule has 13 heteroatoms. The molecule has 7 nitrogen and oxygen atoms in total. The van der Waals surface area contributed by atoms with E-state index in [2.05, 4.69) is 15.0 Å². The lowest BCUT2D eigenvalue weighted by Gasteiger charge is -2.20. The molecule has 0 atom stereocenters. The van der Waals surface area contributed by atoms with Gasteiger partial charge in [0.2, 0.25) is 0 Å². The second kappa shape index (κ2) is 11.0. The van der Waals surface area contributed by atoms with Crippen LogP contribution in [0.25, 0.3) is 0 Å². The van der Waals surface area contributed by atoms with Gasteiger partial charge in [0.15, 0.2) is 17.3 Å². The molecule has 0 unspecified atom stereocenters. The summed E-state index contributed by atoms with van der Waals surface area (Å²) in [5.41, 5.74) is -1.82. The molecule has 3 aromatic rings. The Balaban J connectivity index is 2.10. The topological polar surface area (TPSA) is 86.8 Å². The number of alkyl halides is 6. The summed E-state index contributed by atoms with van der Waals surface area (Å²) in [7, 11) is 1.13. The van der Waals surface area contributed by atoms with E-state index < -0.39 is 41.1 Å². The Hall–Kier alpha value is -4.29. The van der Waals surface area contributed by atoms with Crippen molar-refractivity contribution in [3.63, 3.8) is 0 Å². The molecular weight excluding hydrogens is 522 g/mol. The van der Waals surface area contributed by atoms with Gasteiger partial charge in [-0.25, -0.2) is 0 Å². The van der Waals surface area contributed by atoms with Crippen molar-refractivity contribution in [2.75, 3.05) is 12.4 Å². The van der Waals surface area contributed by atoms with Gasteiger partial charge in [-0.2, -0.15) is 13.2 Å². The highest BCUT2D eigenvalue weighted by atomic mass is 19.4. The minimum absolute atomic E-state index is 0.0185. The number of anilines is 1. The van der Waals surface area contributed by atoms with Crippen LogP contribution in [0.4, 0.5) is 32.0 Å². The van der Waals surface area contributed by atoms with Crippen molar-refractivity contribution < 1.29 is 50.1 Å². The fraction of sp³-hybridized carbons (Fsp3) is 0.240. The van der Waals surface area contributed by atoms with Crippen LogP contribution in [0.3, 0.4) is 0 Å². The first-order chi connectivity index (χ1) is 17.7. The summed E-state index contributed by atoms with van der Waals surface area (Å²) in [5, 5.41) is 2.44. The maximum Gasteiger partial charge on any atom is 0.573 e. The molecule has 0 aliphatic rings. The van der Waals surface area contributed by atoms with Crippen LogP contribution in [0.15, 0.2) is 48.7 Å². The molecule has 0 aliphatic heterocycles. The van der Waals surface area contributed by atoms with E-state index in [0.717, 1.165) is 37.4 Å². The van der Waals surface area contributed by atoms with Gasteiger partial charge in [-0.1, -0.05) is 6.92 Å². The molecule has 0 saturated heterocycles. The predicted molar refractivity (Wildman–Crippen MR) is 123 cm³/mol. The maximum absolute atomic E-state index is 13.8. The lowest BCUT2D eigenvalue weighted by Crippen LogP contribution is -2.19. The second-order valence-corrected chi connectivity index (χ2v) is 7.72. The van der Waals surface area contributed by atoms with Gasteiger partial charge in [0.05, 0.1) is 18.2 Å². The van der Waals surface area contributed by atoms with Gasteiger partial charge in [-0.15, -0.1) is 13.2 Å². The van der Waals surface area contributed by atoms with E-state index >= 15 is 0 Å². The van der Waals surface area contributed by atoms with Crippen molar-refractivity contribution >= 4 is 17.4 Å². The standard InChI is InChI=1S/C25H20F6N2O5/c1-4-16-17(24(26,27)28)6-8-20(22(16)23(35)33-14-9-10-32-18(11-14)13(2)34)37-19-7-5-15(12-21(19)36-3)38-25(29,30)31/h5-12H,4H2,1-3H3,(H,32,33,35). The summed E-state index contributed by atoms with van der Waals surface area (Å²) in [6.07, 6.45) is -8.76. The quantitative estimate of drug-likeness (QED) is 0.248. The first kappa shape index (κ1) is 28.3. The van der Waals surface area contributed by atoms with Gasteiger partial charge in [0.1, 0.15) is 17.2 Å². The van der Waals surface area contributed by atoms with Gasteiger partial charge in [-0.05, 0) is 48.4 Å². The van der Waals surface area contributed by atoms with Crippen LogP contribution in [0.5, 0.6) is 23.0 Å². The third-order valence-electron chi connectivity index (χ3n) is 5.13. The first-order valence-corrected chi connectivity index (χ1v) is 10.9. The van der Waals surface area contributed by atoms with Crippen molar-refractivity contribution in [3.8, 4) is 23.0 Å². The van der Waals surface area contributed by atoms with Gasteiger partial charge in [0.25, 0.3) is 5.91 Å². The molecule has 1 aromatic heterocycles. The molecule has 1 amide bonds. The molecule has 0 fully saturated rings. The molecule has 0 aliphatic carbocycles. The summed E-state index contributed by atoms with van der Waals surface area (Å²) >= 11 is 0. The number of nitrogens with zero attached hydrogens (tertiary/aromatic N) is 1. The molecular formula is C25H20F6N2O5. The lowest BCUT2D eigenvalue weighted by atomic mass is 9.96. The number of pyridine rings is 1. The number of ether oxygens (including phenoxy) is 3. The van der Waals surface area contributed by atoms with Crippen molar-refractivity contribution in [2.45, 2.75) is 32.8 Å². The molecule has 3 rings (SSSR count). The van der Waals surface area contributed by atoms with Crippen LogP contribution >= 0.6 is 0 Å². The van der Waals surface area contributed by atoms with E-state index in [1.54, 1.807) is 0 Å². The van der Waals surface area contributed by atoms with Crippen LogP contribution < -0.4 is 19.5 Å². The average molecular weight is 542 g/mol. The van der Waals surface area contributed by atoms with Crippen LogP contribution in [-0.2, 0) is 12.6 Å². The van der Waals surface area contributed by atoms with E-state index in [9.17, 15) is 35.9 Å². The summed E-state index contributed by atoms with van der Waals surface area (Å²) < 4.78 is 93.6. The molecule has 0 bridgehead atoms. The first-order valence-electron chi connectivity index (χ1n) is 10.9. The summed E-state index contributed by atoms with van der Waals surface area (Å²) in [6, 6.07) is 7.08. The SMILES string of the molecule is CCc1c(C(F)(F)F)ccc(Oc2ccc(OC(F)(F)F)cc2OC)c1C(=O)Nc1ccnc(C(C)=O)c1. The number of Topliss-reactive ketones (excluding diaryl/α,β-unsaturated/α-hetero) is 1. The fourth-order valence-electron chi connectivity index (χ4n) is 3.54. The minimum Gasteiger partial charge on any atom is -0.493 e. The zero-order valence-electron chi connectivity index (χ0n) is 20.1. The Morgan fingerprint density at radius 2 is 1.63 bits per heavy atom. The van der Waals surface area contributed by atoms with E-state index in [-0.39, 0.29) is 40.6 Å². The number of carbonyl (C=O) groups is 2. The van der Waals surface area contributed by atoms with E-state index in [1.165, 1.54) is 32.2 Å². The Bertz CT molecular complexity index is 1360. The van der Waals surface area contributed by atoms with Crippen molar-refractivity contribution in [1.82, 2.24) is 4.98 Å². The highest BCUT2D eigenvalue weighted by molar-refractivity contribution is 6.08. The average Bonchev–Trinajstić information content (AvgIpc) is 2.82. The van der Waals surface area contributed by atoms with Gasteiger partial charge >= 0.3 is 12.5 Å². The molecule has 0 saturated carbocycles. The number of methoxy groups -OCH3 is 1. The number of aromatic nitrogens is 1. The molecule has 2 aromatic carbocycles. The number of ketones is 1. The van der Waals surface area contributed by atoms with Crippen LogP contribution in [-0.4, -0.2) is 30.1 Å². The minimum atomic E-state index is -4.97. The Morgan fingerprint density at radius 1 is 0.947 bits per heavy atom. The Kier molecular flexibility index (Phi) is 8.18. The highest BCUT2D eigenvalue weighted by Crippen LogP contribution is 2.41. The normalized spacial score (nSPS) is 11.6. The number of amides is 1. The summed E-state index contributed by atoms with van der Waals surface area (Å²) in [5.74, 6) is -2.77. The number of rotatable bonds is 8. The van der Waals surface area contributed by atoms with Gasteiger partial charge < -0.3 is 19.5 Å². The monoisotopic (exact) mass is 542 g/mol. The van der Waals surface area contributed by atoms with Crippen molar-refractivity contribution in [2.24, 2.45) is 0 Å². The number of nitrogens with one attached hydrogen (secondary N) is 1. The third kappa shape index (κ3) is 6.72. The van der Waals surface area contributed by atoms with Crippen LogP contribution in [0.2, 0.25) is 0 Å². The predicted octanol–water partition coefficient (Wildman–Crippen LogP) is 6.82. The van der Waals surface area contributed by atoms with Gasteiger partial charge in [-0.3, -0.25) is 14.6 Å². The molecule has 38 heavy (non-hydrogen) atoms. The summed E-state index contributed by atoms with van der Waals surface area (Å²) in [4.78, 5) is 28.8. The zero-order chi connectivity index (χ0) is 28.3. The van der Waals surface area contributed by atoms with Crippen molar-refractivity contribution in [3.05, 3.63) is 71.0 Å². The smallest absolute Gasteiger partial charge is 0.493 e. The molecule has 1 heterocycles. The van der Waals surface area contributed by atoms with Gasteiger partial charge in [0, 0.05) is 24.9 Å². The number of halogens is 6. The van der Waals surface area contributed by atoms with E-state index in [1.807, 2.05) is 0 Å². The largest absolute Gasteiger partial charge is 0.573 e. The van der Waals surface area contributed by atoms with Crippen molar-refractivity contribution in [1.29, 1.82) is 0 Å². The number of benzene rings is 2. The molecule has 202 valence electrons. The number of hydrogen-bond acceptors (Lipinski definition) is 6. The number of carbonyl (C=O) groups excluding carboxylic acids is 2. The second-order valence-electron chi connectivity index (χ2n) is 7.72. The zero-order valence-corrected chi connectivity index (χ0v) is 20.1. The molecule has 0 radical (unpaired) electrons. The van der Waals surface area contributed by atoms with Crippen LogP contribution in [0, 0.1) is 0 Å². The van der Waals surface area contributed by atoms with E-state index in [0.29, 0.717) is 0 Å². The molecule has 1 N–H and O–H groups in total. The Morgan fingerprint density at radius 3 is 2.21 bits per heavy atom. The fourth-order valence-corrected chi connectivity index (χ4v) is 3.54. The summed E-state index contributed by atoms with van der Waals surface area (Å²) in [6.45, 7) is 2.66. The highest BCUT2D eigenvalue weighted by Gasteiger charge is 2.36. The molecule has 0 spiro atoms. The Labute approximate surface area is 212 Å².